The van der Waals surface area contributed by atoms with Gasteiger partial charge in [-0.05, 0) is 37.9 Å². The lowest BCUT2D eigenvalue weighted by Crippen LogP contribution is -2.46. The number of nitrogens with two attached hydrogens (primary N) is 1. The number of aromatic nitrogens is 2. The first kappa shape index (κ1) is 24.7. The molecule has 0 bridgehead atoms. The van der Waals surface area contributed by atoms with Gasteiger partial charge in [0.15, 0.2) is 5.69 Å². The maximum Gasteiger partial charge on any atom is 0.330 e. The zero-order valence-corrected chi connectivity index (χ0v) is 19.4. The van der Waals surface area contributed by atoms with Gasteiger partial charge in [0.05, 0.1) is 13.1 Å². The van der Waals surface area contributed by atoms with Crippen LogP contribution in [0, 0.1) is 0 Å². The Morgan fingerprint density at radius 2 is 1.76 bits per heavy atom. The van der Waals surface area contributed by atoms with Crippen LogP contribution >= 0.6 is 0 Å². The molecule has 9 nitrogen and oxygen atoms in total. The van der Waals surface area contributed by atoms with Crippen molar-refractivity contribution in [2.75, 3.05) is 50.5 Å². The average molecular weight is 458 g/mol. The van der Waals surface area contributed by atoms with Gasteiger partial charge < -0.3 is 15.4 Å². The number of hydrogen-bond acceptors (Lipinski definition) is 6. The number of hydrogen-bond donors (Lipinski definition) is 2. The van der Waals surface area contributed by atoms with Crippen molar-refractivity contribution >= 4 is 17.4 Å². The molecule has 1 aliphatic rings. The highest BCUT2D eigenvalue weighted by Crippen LogP contribution is 2.19. The van der Waals surface area contributed by atoms with Crippen molar-refractivity contribution in [3.63, 3.8) is 0 Å². The van der Waals surface area contributed by atoms with E-state index < -0.39 is 11.2 Å². The molecule has 180 valence electrons. The number of methoxy groups -OCH3 is 1. The van der Waals surface area contributed by atoms with E-state index in [1.807, 2.05) is 30.3 Å². The highest BCUT2D eigenvalue weighted by Gasteiger charge is 2.25. The van der Waals surface area contributed by atoms with Gasteiger partial charge >= 0.3 is 5.69 Å². The quantitative estimate of drug-likeness (QED) is 0.555. The summed E-state index contributed by atoms with van der Waals surface area (Å²) in [5.74, 6) is -0.208. The summed E-state index contributed by atoms with van der Waals surface area (Å²) in [6.45, 7) is 2.84. The molecule has 33 heavy (non-hydrogen) atoms. The molecule has 0 saturated carbocycles. The van der Waals surface area contributed by atoms with Crippen LogP contribution in [0.4, 0.5) is 11.5 Å². The molecule has 1 saturated heterocycles. The van der Waals surface area contributed by atoms with E-state index in [9.17, 15) is 14.4 Å². The van der Waals surface area contributed by atoms with Crippen molar-refractivity contribution in [2.24, 2.45) is 0 Å². The third-order valence-electron chi connectivity index (χ3n) is 6.01. The molecule has 1 aliphatic heterocycles. The molecule has 1 aromatic heterocycles. The minimum absolute atomic E-state index is 0.00830. The summed E-state index contributed by atoms with van der Waals surface area (Å²) in [6, 6.07) is 9.37. The third kappa shape index (κ3) is 6.79. The van der Waals surface area contributed by atoms with E-state index in [0.29, 0.717) is 13.0 Å². The van der Waals surface area contributed by atoms with Gasteiger partial charge in [-0.3, -0.25) is 24.0 Å². The lowest BCUT2D eigenvalue weighted by molar-refractivity contribution is -0.119. The Bertz CT molecular complexity index is 1010. The summed E-state index contributed by atoms with van der Waals surface area (Å²) in [4.78, 5) is 44.7. The van der Waals surface area contributed by atoms with Gasteiger partial charge in [-0.25, -0.2) is 4.79 Å². The molecule has 1 amide bonds. The van der Waals surface area contributed by atoms with E-state index in [4.69, 9.17) is 10.5 Å². The van der Waals surface area contributed by atoms with Crippen molar-refractivity contribution < 1.29 is 9.53 Å². The maximum atomic E-state index is 13.4. The van der Waals surface area contributed by atoms with Crippen molar-refractivity contribution in [1.29, 1.82) is 0 Å². The summed E-state index contributed by atoms with van der Waals surface area (Å²) in [5, 5.41) is 0. The number of aromatic amines is 1. The minimum atomic E-state index is -0.653. The number of carbonyl (C=O) groups is 1. The zero-order chi connectivity index (χ0) is 23.6. The number of carbonyl (C=O) groups excluding carboxylic acids is 1. The van der Waals surface area contributed by atoms with Gasteiger partial charge in [0.25, 0.3) is 5.56 Å². The molecule has 2 heterocycles. The first-order valence-electron chi connectivity index (χ1n) is 11.7. The number of nitrogen functional groups attached to an aromatic ring is 1. The van der Waals surface area contributed by atoms with Crippen LogP contribution in [-0.2, 0) is 16.1 Å². The van der Waals surface area contributed by atoms with Crippen LogP contribution in [0.1, 0.15) is 44.1 Å². The van der Waals surface area contributed by atoms with Gasteiger partial charge in [-0.15, -0.1) is 0 Å². The molecular formula is C24H35N5O4. The van der Waals surface area contributed by atoms with Crippen LogP contribution < -0.4 is 21.9 Å². The highest BCUT2D eigenvalue weighted by atomic mass is 16.5. The molecular weight excluding hydrogens is 422 g/mol. The van der Waals surface area contributed by atoms with Crippen LogP contribution in [0.15, 0.2) is 39.9 Å². The second kappa shape index (κ2) is 12.4. The molecule has 2 aromatic rings. The van der Waals surface area contributed by atoms with E-state index >= 15 is 0 Å². The van der Waals surface area contributed by atoms with Crippen molar-refractivity contribution in [3.05, 3.63) is 56.7 Å². The Morgan fingerprint density at radius 3 is 2.42 bits per heavy atom. The predicted octanol–water partition coefficient (Wildman–Crippen LogP) is 1.80. The first-order valence-corrected chi connectivity index (χ1v) is 11.7. The standard InChI is InChI=1S/C24H35N5O4/c1-33-16-10-15-28(20(30)18-27-13-8-3-2-4-9-14-27)21-22(25)29(24(32)26-23(21)31)17-19-11-6-5-7-12-19/h5-7,11-12H,2-4,8-10,13-18,25H2,1H3,(H,26,31,32). The second-order valence-electron chi connectivity index (χ2n) is 8.50. The fourth-order valence-electron chi connectivity index (χ4n) is 4.24. The van der Waals surface area contributed by atoms with E-state index in [1.54, 1.807) is 7.11 Å². The smallest absolute Gasteiger partial charge is 0.330 e. The molecule has 0 aliphatic carbocycles. The largest absolute Gasteiger partial charge is 0.385 e. The number of anilines is 2. The fourth-order valence-corrected chi connectivity index (χ4v) is 4.24. The Hall–Kier alpha value is -2.91. The van der Waals surface area contributed by atoms with Gasteiger partial charge in [-0.2, -0.15) is 0 Å². The number of likely N-dealkylation sites (tertiary alicyclic amines) is 1. The topological polar surface area (TPSA) is 114 Å². The van der Waals surface area contributed by atoms with E-state index in [-0.39, 0.29) is 37.0 Å². The molecule has 3 N–H and O–H groups in total. The van der Waals surface area contributed by atoms with Gasteiger partial charge in [0.1, 0.15) is 5.82 Å². The van der Waals surface area contributed by atoms with Gasteiger partial charge in [0, 0.05) is 20.3 Å². The van der Waals surface area contributed by atoms with Crippen LogP contribution in [-0.4, -0.2) is 60.3 Å². The molecule has 0 unspecified atom stereocenters. The number of nitrogens with one attached hydrogen (secondary N) is 1. The summed E-state index contributed by atoms with van der Waals surface area (Å²) in [5.41, 5.74) is 6.00. The van der Waals surface area contributed by atoms with Gasteiger partial charge in [0.2, 0.25) is 5.91 Å². The number of H-pyrrole nitrogens is 1. The van der Waals surface area contributed by atoms with Crippen LogP contribution in [0.25, 0.3) is 0 Å². The normalized spacial score (nSPS) is 15.1. The molecule has 0 radical (unpaired) electrons. The lowest BCUT2D eigenvalue weighted by atomic mass is 10.1. The van der Waals surface area contributed by atoms with E-state index in [2.05, 4.69) is 9.88 Å². The van der Waals surface area contributed by atoms with E-state index in [1.165, 1.54) is 28.7 Å². The predicted molar refractivity (Wildman–Crippen MR) is 130 cm³/mol. The Balaban J connectivity index is 1.91. The number of nitrogens with zero attached hydrogens (tertiary/aromatic N) is 3. The lowest BCUT2D eigenvalue weighted by Gasteiger charge is -2.29. The molecule has 0 atom stereocenters. The first-order chi connectivity index (χ1) is 16.0. The van der Waals surface area contributed by atoms with Crippen LogP contribution in [0.5, 0.6) is 0 Å². The highest BCUT2D eigenvalue weighted by molar-refractivity contribution is 5.96. The summed E-state index contributed by atoms with van der Waals surface area (Å²) >= 11 is 0. The van der Waals surface area contributed by atoms with Gasteiger partial charge in [-0.1, -0.05) is 49.6 Å². The fraction of sp³-hybridized carbons (Fsp3) is 0.542. The summed E-state index contributed by atoms with van der Waals surface area (Å²) in [6.07, 6.45) is 6.22. The summed E-state index contributed by atoms with van der Waals surface area (Å²) in [7, 11) is 1.59. The Kier molecular flexibility index (Phi) is 9.26. The average Bonchev–Trinajstić information content (AvgIpc) is 2.78. The van der Waals surface area contributed by atoms with Crippen LogP contribution in [0.2, 0.25) is 0 Å². The zero-order valence-electron chi connectivity index (χ0n) is 19.4. The number of amides is 1. The monoisotopic (exact) mass is 457 g/mol. The second-order valence-corrected chi connectivity index (χ2v) is 8.50. The SMILES string of the molecule is COCCCN(C(=O)CN1CCCCCCC1)c1c(N)n(Cc2ccccc2)c(=O)[nH]c1=O. The molecule has 0 spiro atoms. The third-order valence-corrected chi connectivity index (χ3v) is 6.01. The van der Waals surface area contributed by atoms with Crippen LogP contribution in [0.3, 0.4) is 0 Å². The summed E-state index contributed by atoms with van der Waals surface area (Å²) < 4.78 is 6.45. The van der Waals surface area contributed by atoms with Crippen molar-refractivity contribution in [1.82, 2.24) is 14.5 Å². The minimum Gasteiger partial charge on any atom is -0.385 e. The maximum absolute atomic E-state index is 13.4. The number of benzene rings is 1. The molecule has 1 fully saturated rings. The number of rotatable bonds is 9. The number of ether oxygens (including phenoxy) is 1. The molecule has 9 heteroatoms. The molecule has 1 aromatic carbocycles. The van der Waals surface area contributed by atoms with E-state index in [0.717, 1.165) is 31.5 Å². The van der Waals surface area contributed by atoms with Crippen molar-refractivity contribution in [3.8, 4) is 0 Å². The Morgan fingerprint density at radius 1 is 1.09 bits per heavy atom. The molecule has 3 rings (SSSR count). The Labute approximate surface area is 194 Å². The van der Waals surface area contributed by atoms with Crippen molar-refractivity contribution in [2.45, 2.75) is 45.1 Å².